The average Bonchev–Trinajstić information content (AvgIpc) is 3.00. The smallest absolute Gasteiger partial charge is 0.303 e. The van der Waals surface area contributed by atoms with Crippen LogP contribution in [-0.4, -0.2) is 11.1 Å². The van der Waals surface area contributed by atoms with Gasteiger partial charge in [0.2, 0.25) is 0 Å². The summed E-state index contributed by atoms with van der Waals surface area (Å²) in [6, 6.07) is 0. The molecule has 0 bridgehead atoms. The van der Waals surface area contributed by atoms with E-state index in [0.717, 1.165) is 24.7 Å². The van der Waals surface area contributed by atoms with E-state index in [1.54, 1.807) is 0 Å². The second kappa shape index (κ2) is 14.5. The Labute approximate surface area is 150 Å². The van der Waals surface area contributed by atoms with Crippen LogP contribution in [0.1, 0.15) is 110 Å². The van der Waals surface area contributed by atoms with E-state index in [4.69, 9.17) is 5.11 Å². The summed E-state index contributed by atoms with van der Waals surface area (Å²) in [5.41, 5.74) is 0. The van der Waals surface area contributed by atoms with Crippen LogP contribution in [0.15, 0.2) is 12.2 Å². The molecule has 0 radical (unpaired) electrons. The van der Waals surface area contributed by atoms with E-state index in [0.29, 0.717) is 6.42 Å². The summed E-state index contributed by atoms with van der Waals surface area (Å²) in [6.45, 7) is 2.27. The largest absolute Gasteiger partial charge is 0.481 e. The van der Waals surface area contributed by atoms with Crippen LogP contribution in [0.3, 0.4) is 0 Å². The first-order valence-electron chi connectivity index (χ1n) is 10.6. The third-order valence-electron chi connectivity index (χ3n) is 5.54. The molecule has 0 aromatic rings. The van der Waals surface area contributed by atoms with Crippen molar-refractivity contribution in [2.45, 2.75) is 110 Å². The Morgan fingerprint density at radius 3 is 2.46 bits per heavy atom. The zero-order valence-electron chi connectivity index (χ0n) is 16.0. The summed E-state index contributed by atoms with van der Waals surface area (Å²) in [7, 11) is 0. The van der Waals surface area contributed by atoms with E-state index in [9.17, 15) is 4.79 Å². The lowest BCUT2D eigenvalue weighted by Gasteiger charge is -2.16. The summed E-state index contributed by atoms with van der Waals surface area (Å²) < 4.78 is 0. The summed E-state index contributed by atoms with van der Waals surface area (Å²) in [4.78, 5) is 10.5. The molecule has 2 atom stereocenters. The molecule has 0 unspecified atom stereocenters. The van der Waals surface area contributed by atoms with Crippen molar-refractivity contribution in [3.8, 4) is 0 Å². The number of hydrogen-bond acceptors (Lipinski definition) is 1. The van der Waals surface area contributed by atoms with Crippen molar-refractivity contribution in [3.05, 3.63) is 12.2 Å². The van der Waals surface area contributed by atoms with Crippen LogP contribution in [-0.2, 0) is 4.79 Å². The number of carbonyl (C=O) groups is 1. The van der Waals surface area contributed by atoms with Crippen LogP contribution >= 0.6 is 0 Å². The third kappa shape index (κ3) is 10.9. The Bertz CT molecular complexity index is 335. The highest BCUT2D eigenvalue weighted by Crippen LogP contribution is 2.36. The van der Waals surface area contributed by atoms with Gasteiger partial charge in [0, 0.05) is 6.42 Å². The average molecular weight is 337 g/mol. The summed E-state index contributed by atoms with van der Waals surface area (Å²) >= 11 is 0. The lowest BCUT2D eigenvalue weighted by molar-refractivity contribution is -0.137. The molecule has 0 amide bonds. The van der Waals surface area contributed by atoms with Gasteiger partial charge in [0.05, 0.1) is 0 Å². The van der Waals surface area contributed by atoms with E-state index in [2.05, 4.69) is 19.1 Å². The second-order valence-electron chi connectivity index (χ2n) is 7.69. The number of rotatable bonds is 15. The molecule has 1 aliphatic carbocycles. The Kier molecular flexibility index (Phi) is 12.9. The van der Waals surface area contributed by atoms with Gasteiger partial charge in [-0.1, -0.05) is 76.9 Å². The first-order chi connectivity index (χ1) is 11.7. The molecule has 0 spiro atoms. The van der Waals surface area contributed by atoms with E-state index in [1.165, 1.54) is 83.5 Å². The minimum Gasteiger partial charge on any atom is -0.481 e. The molecule has 1 rings (SSSR count). The predicted molar refractivity (Wildman–Crippen MR) is 103 cm³/mol. The van der Waals surface area contributed by atoms with Gasteiger partial charge in [-0.05, 0) is 50.4 Å². The topological polar surface area (TPSA) is 37.3 Å². The normalized spacial score (nSPS) is 20.9. The molecule has 1 aliphatic rings. The van der Waals surface area contributed by atoms with Crippen molar-refractivity contribution in [2.24, 2.45) is 11.8 Å². The van der Waals surface area contributed by atoms with Crippen LogP contribution < -0.4 is 0 Å². The minimum atomic E-state index is -0.652. The number of carboxylic acid groups (broad SMARTS) is 1. The van der Waals surface area contributed by atoms with Crippen LogP contribution in [0.5, 0.6) is 0 Å². The van der Waals surface area contributed by atoms with Crippen molar-refractivity contribution in [1.29, 1.82) is 0 Å². The molecule has 0 saturated heterocycles. The first-order valence-corrected chi connectivity index (χ1v) is 10.6. The molecule has 2 heteroatoms. The number of hydrogen-bond donors (Lipinski definition) is 1. The number of allylic oxidation sites excluding steroid dienone is 2. The van der Waals surface area contributed by atoms with Crippen molar-refractivity contribution in [1.82, 2.24) is 0 Å². The van der Waals surface area contributed by atoms with Gasteiger partial charge >= 0.3 is 5.97 Å². The molecular formula is C22H40O2. The van der Waals surface area contributed by atoms with Crippen LogP contribution in [0.4, 0.5) is 0 Å². The van der Waals surface area contributed by atoms with Gasteiger partial charge in [-0.15, -0.1) is 0 Å². The molecule has 24 heavy (non-hydrogen) atoms. The lowest BCUT2D eigenvalue weighted by atomic mass is 9.90. The van der Waals surface area contributed by atoms with Crippen molar-refractivity contribution < 1.29 is 9.90 Å². The van der Waals surface area contributed by atoms with Crippen molar-refractivity contribution in [3.63, 3.8) is 0 Å². The zero-order valence-corrected chi connectivity index (χ0v) is 16.0. The molecular weight excluding hydrogens is 296 g/mol. The molecule has 0 aromatic heterocycles. The quantitative estimate of drug-likeness (QED) is 0.255. The lowest BCUT2D eigenvalue weighted by Crippen LogP contribution is -2.05. The monoisotopic (exact) mass is 336 g/mol. The van der Waals surface area contributed by atoms with Crippen LogP contribution in [0.25, 0.3) is 0 Å². The Hall–Kier alpha value is -0.790. The second-order valence-corrected chi connectivity index (χ2v) is 7.69. The first kappa shape index (κ1) is 21.3. The molecule has 1 N–H and O–H groups in total. The molecule has 0 heterocycles. The fourth-order valence-corrected chi connectivity index (χ4v) is 4.03. The maximum atomic E-state index is 10.5. The highest BCUT2D eigenvalue weighted by Gasteiger charge is 2.24. The van der Waals surface area contributed by atoms with Crippen molar-refractivity contribution in [2.75, 3.05) is 0 Å². The molecule has 140 valence electrons. The van der Waals surface area contributed by atoms with Gasteiger partial charge < -0.3 is 5.11 Å². The van der Waals surface area contributed by atoms with E-state index >= 15 is 0 Å². The van der Waals surface area contributed by atoms with Crippen molar-refractivity contribution >= 4 is 5.97 Å². The van der Waals surface area contributed by atoms with E-state index in [-0.39, 0.29) is 0 Å². The van der Waals surface area contributed by atoms with E-state index < -0.39 is 5.97 Å². The van der Waals surface area contributed by atoms with Crippen LogP contribution in [0.2, 0.25) is 0 Å². The highest BCUT2D eigenvalue weighted by atomic mass is 16.4. The maximum absolute atomic E-state index is 10.5. The Morgan fingerprint density at radius 1 is 0.958 bits per heavy atom. The standard InChI is InChI=1S/C22H40O2/c1-2-3-4-5-6-7-8-11-15-20-17-14-18-21(20)16-12-9-10-13-19-22(23)24/h11,15,20-21H,2-10,12-14,16-19H2,1H3,(H,23,24)/t20-,21-/m0/s1. The Balaban J connectivity index is 2.03. The summed E-state index contributed by atoms with van der Waals surface area (Å²) in [5, 5.41) is 8.64. The fraction of sp³-hybridized carbons (Fsp3) is 0.864. The number of unbranched alkanes of at least 4 members (excludes halogenated alkanes) is 9. The third-order valence-corrected chi connectivity index (χ3v) is 5.54. The van der Waals surface area contributed by atoms with Gasteiger partial charge in [-0.25, -0.2) is 0 Å². The Morgan fingerprint density at radius 2 is 1.67 bits per heavy atom. The molecule has 0 aliphatic heterocycles. The zero-order chi connectivity index (χ0) is 17.5. The number of carboxylic acids is 1. The van der Waals surface area contributed by atoms with Gasteiger partial charge in [-0.2, -0.15) is 0 Å². The number of aliphatic carboxylic acids is 1. The highest BCUT2D eigenvalue weighted by molar-refractivity contribution is 5.66. The van der Waals surface area contributed by atoms with Crippen LogP contribution in [0, 0.1) is 11.8 Å². The maximum Gasteiger partial charge on any atom is 0.303 e. The molecule has 1 fully saturated rings. The summed E-state index contributed by atoms with van der Waals surface area (Å²) in [6.07, 6.45) is 24.9. The van der Waals surface area contributed by atoms with Gasteiger partial charge in [-0.3, -0.25) is 4.79 Å². The van der Waals surface area contributed by atoms with E-state index in [1.807, 2.05) is 0 Å². The SMILES string of the molecule is CCCCCCCCC=C[C@H]1CCC[C@@H]1CCCCCCC(=O)O. The predicted octanol–water partition coefficient (Wildman–Crippen LogP) is 7.13. The fourth-order valence-electron chi connectivity index (χ4n) is 4.03. The minimum absolute atomic E-state index is 0.341. The molecule has 2 nitrogen and oxygen atoms in total. The van der Waals surface area contributed by atoms with Gasteiger partial charge in [0.15, 0.2) is 0 Å². The van der Waals surface area contributed by atoms with Gasteiger partial charge in [0.25, 0.3) is 0 Å². The molecule has 1 saturated carbocycles. The van der Waals surface area contributed by atoms with Gasteiger partial charge in [0.1, 0.15) is 0 Å². The molecule has 0 aromatic carbocycles. The summed E-state index contributed by atoms with van der Waals surface area (Å²) in [5.74, 6) is 1.07.